The van der Waals surface area contributed by atoms with Gasteiger partial charge in [0.2, 0.25) is 0 Å². The van der Waals surface area contributed by atoms with Crippen LogP contribution in [-0.2, 0) is 0 Å². The highest BCUT2D eigenvalue weighted by molar-refractivity contribution is 5.84. The summed E-state index contributed by atoms with van der Waals surface area (Å²) in [5, 5.41) is 36.3. The quantitative estimate of drug-likeness (QED) is 0.123. The van der Waals surface area contributed by atoms with Crippen LogP contribution in [0.15, 0.2) is 148 Å². The van der Waals surface area contributed by atoms with Crippen LogP contribution in [0.3, 0.4) is 0 Å². The number of hydrogen-bond acceptors (Lipinski definition) is 9. The number of benzene rings is 3. The number of aromatic nitrogens is 3. The number of fused-ring (bicyclic) bond motifs is 12. The maximum Gasteiger partial charge on any atom is 0.0952 e. The van der Waals surface area contributed by atoms with Crippen LogP contribution in [-0.4, -0.2) is 102 Å². The van der Waals surface area contributed by atoms with Gasteiger partial charge in [0.15, 0.2) is 0 Å². The summed E-state index contributed by atoms with van der Waals surface area (Å²) < 4.78 is 0. The molecule has 3 N–H and O–H groups in total. The van der Waals surface area contributed by atoms with Gasteiger partial charge in [-0.2, -0.15) is 0 Å². The molecule has 0 radical (unpaired) electrons. The molecule has 9 nitrogen and oxygen atoms in total. The fourth-order valence-electron chi connectivity index (χ4n) is 12.9. The highest BCUT2D eigenvalue weighted by Crippen LogP contribution is 2.45. The molecule has 15 atom stereocenters. The second-order valence-corrected chi connectivity index (χ2v) is 19.8. The number of para-hydroxylation sites is 3. The van der Waals surface area contributed by atoms with Crippen LogP contribution in [0.2, 0.25) is 0 Å². The Labute approximate surface area is 390 Å². The molecule has 0 amide bonds. The predicted molar refractivity (Wildman–Crippen MR) is 265 cm³/mol. The smallest absolute Gasteiger partial charge is 0.0952 e. The SMILES string of the molecule is C=C[C@H]1CN2CC[C@H]1C[C@H]2[C@H](O)c1ccnc2ccccc12.C=C[C@H]1CN2CC[C@H]1C[C@H]2[C@H](O)c1ccnc2ccccc12.C=C[C@H]1CN2CC[C@H]1C[C@H]2[C@H](O)c1ccnc2ccccc12. The summed E-state index contributed by atoms with van der Waals surface area (Å²) in [6, 6.07) is 30.8. The molecule has 9 aliphatic rings. The number of nitrogens with zero attached hydrogens (tertiary/aromatic N) is 6. The van der Waals surface area contributed by atoms with Crippen LogP contribution in [0.4, 0.5) is 0 Å². The first-order valence-electron chi connectivity index (χ1n) is 24.5. The van der Waals surface area contributed by atoms with E-state index in [0.717, 1.165) is 108 Å². The summed E-state index contributed by atoms with van der Waals surface area (Å²) in [5.41, 5.74) is 5.91. The topological polar surface area (TPSA) is 109 Å². The first kappa shape index (κ1) is 44.7. The van der Waals surface area contributed by atoms with Gasteiger partial charge in [0.05, 0.1) is 34.9 Å². The third kappa shape index (κ3) is 8.66. The van der Waals surface area contributed by atoms with E-state index in [-0.39, 0.29) is 18.1 Å². The van der Waals surface area contributed by atoms with Crippen molar-refractivity contribution in [1.29, 1.82) is 0 Å². The Kier molecular flexibility index (Phi) is 13.3. The minimum Gasteiger partial charge on any atom is -0.387 e. The van der Waals surface area contributed by atoms with Gasteiger partial charge in [0.1, 0.15) is 0 Å². The molecule has 342 valence electrons. The van der Waals surface area contributed by atoms with E-state index in [4.69, 9.17) is 0 Å². The maximum absolute atomic E-state index is 11.0. The number of aliphatic hydroxyl groups is 3. The molecule has 0 aliphatic carbocycles. The Hall–Kier alpha value is -5.13. The normalized spacial score (nSPS) is 32.0. The first-order chi connectivity index (χ1) is 32.3. The molecule has 0 saturated carbocycles. The second-order valence-electron chi connectivity index (χ2n) is 19.8. The molecule has 9 saturated heterocycles. The van der Waals surface area contributed by atoms with Gasteiger partial charge in [0.25, 0.3) is 0 Å². The molecule has 12 heterocycles. The molecule has 3 aromatic heterocycles. The average molecular weight is 883 g/mol. The predicted octanol–water partition coefficient (Wildman–Crippen LogP) is 9.49. The summed E-state index contributed by atoms with van der Waals surface area (Å²) >= 11 is 0. The lowest BCUT2D eigenvalue weighted by Crippen LogP contribution is -2.54. The van der Waals surface area contributed by atoms with Crippen LogP contribution in [0.25, 0.3) is 32.7 Å². The van der Waals surface area contributed by atoms with Crippen molar-refractivity contribution in [3.63, 3.8) is 0 Å². The summed E-state index contributed by atoms with van der Waals surface area (Å²) in [7, 11) is 0. The average Bonchev–Trinajstić information content (AvgIpc) is 3.40. The fraction of sp³-hybridized carbons (Fsp3) is 0.421. The Bertz CT molecular complexity index is 2370. The van der Waals surface area contributed by atoms with Crippen molar-refractivity contribution in [2.75, 3.05) is 39.3 Å². The van der Waals surface area contributed by atoms with Gasteiger partial charge in [-0.3, -0.25) is 29.7 Å². The highest BCUT2D eigenvalue weighted by atomic mass is 16.3. The molecule has 15 rings (SSSR count). The van der Waals surface area contributed by atoms with Crippen LogP contribution in [0.5, 0.6) is 0 Å². The molecule has 66 heavy (non-hydrogen) atoms. The fourth-order valence-corrected chi connectivity index (χ4v) is 12.9. The molecule has 9 heteroatoms. The molecule has 9 fully saturated rings. The lowest BCUT2D eigenvalue weighted by molar-refractivity contribution is -0.0445. The molecule has 3 unspecified atom stereocenters. The maximum atomic E-state index is 11.0. The summed E-state index contributed by atoms with van der Waals surface area (Å²) in [5.74, 6) is 3.80. The van der Waals surface area contributed by atoms with E-state index < -0.39 is 18.3 Å². The summed E-state index contributed by atoms with van der Waals surface area (Å²) in [4.78, 5) is 20.6. The van der Waals surface area contributed by atoms with Gasteiger partial charge >= 0.3 is 0 Å². The molecule has 9 aliphatic heterocycles. The Balaban J connectivity index is 0.000000116. The third-order valence-electron chi connectivity index (χ3n) is 16.6. The zero-order chi connectivity index (χ0) is 45.3. The van der Waals surface area contributed by atoms with Crippen LogP contribution in [0.1, 0.15) is 73.5 Å². The van der Waals surface area contributed by atoms with Gasteiger partial charge in [-0.15, -0.1) is 19.7 Å². The summed E-state index contributed by atoms with van der Waals surface area (Å²) in [6.45, 7) is 18.3. The van der Waals surface area contributed by atoms with E-state index in [0.29, 0.717) is 35.5 Å². The van der Waals surface area contributed by atoms with Crippen molar-refractivity contribution in [2.45, 2.75) is 75.0 Å². The van der Waals surface area contributed by atoms with Gasteiger partial charge in [-0.25, -0.2) is 0 Å². The molecular weight excluding hydrogens is 817 g/mol. The van der Waals surface area contributed by atoms with Crippen molar-refractivity contribution in [3.05, 3.63) is 164 Å². The Morgan fingerprint density at radius 1 is 0.439 bits per heavy atom. The largest absolute Gasteiger partial charge is 0.387 e. The lowest BCUT2D eigenvalue weighted by Gasteiger charge is -2.50. The lowest BCUT2D eigenvalue weighted by atomic mass is 9.73. The van der Waals surface area contributed by atoms with Crippen molar-refractivity contribution < 1.29 is 15.3 Å². The second kappa shape index (κ2) is 19.6. The van der Waals surface area contributed by atoms with Crippen LogP contribution < -0.4 is 0 Å². The monoisotopic (exact) mass is 883 g/mol. The minimum atomic E-state index is -0.443. The van der Waals surface area contributed by atoms with E-state index in [2.05, 4.69) is 85.8 Å². The number of rotatable bonds is 9. The highest BCUT2D eigenvalue weighted by Gasteiger charge is 2.44. The molecule has 0 spiro atoms. The van der Waals surface area contributed by atoms with E-state index in [1.807, 2.05) is 91.4 Å². The van der Waals surface area contributed by atoms with Gasteiger partial charge < -0.3 is 15.3 Å². The van der Waals surface area contributed by atoms with Gasteiger partial charge in [0, 0.05) is 72.5 Å². The van der Waals surface area contributed by atoms with Crippen molar-refractivity contribution in [1.82, 2.24) is 29.7 Å². The van der Waals surface area contributed by atoms with Gasteiger partial charge in [-0.05, 0) is 147 Å². The number of piperidine rings is 9. The minimum absolute atomic E-state index is 0.223. The van der Waals surface area contributed by atoms with Crippen LogP contribution >= 0.6 is 0 Å². The zero-order valence-corrected chi connectivity index (χ0v) is 38.2. The van der Waals surface area contributed by atoms with Crippen molar-refractivity contribution >= 4 is 32.7 Å². The molecular formula is C57H66N6O3. The van der Waals surface area contributed by atoms with Crippen molar-refractivity contribution in [2.24, 2.45) is 35.5 Å². The molecule has 3 aromatic carbocycles. The van der Waals surface area contributed by atoms with Gasteiger partial charge in [-0.1, -0.05) is 72.8 Å². The number of hydrogen-bond donors (Lipinski definition) is 3. The molecule has 6 bridgehead atoms. The molecule has 6 aromatic rings. The standard InChI is InChI=1S/3C19H22N2O/c3*1-2-13-12-21-10-8-14(13)11-18(21)19(22)16-7-9-20-17-6-4-3-5-15(16)17/h3*2-7,9,13-14,18-19,22H,1,8,10-12H2/t3*13-,14-,18-,19+/m000/s1. The van der Waals surface area contributed by atoms with E-state index in [1.165, 1.54) is 19.3 Å². The number of aliphatic hydroxyl groups excluding tert-OH is 3. The zero-order valence-electron chi connectivity index (χ0n) is 38.2. The Morgan fingerprint density at radius 2 is 0.727 bits per heavy atom. The summed E-state index contributed by atoms with van der Waals surface area (Å²) in [6.07, 6.45) is 17.3. The van der Waals surface area contributed by atoms with Crippen LogP contribution in [0, 0.1) is 35.5 Å². The Morgan fingerprint density at radius 3 is 0.985 bits per heavy atom. The first-order valence-corrected chi connectivity index (χ1v) is 24.5. The third-order valence-corrected chi connectivity index (χ3v) is 16.6. The number of pyridine rings is 3. The van der Waals surface area contributed by atoms with E-state index >= 15 is 0 Å². The van der Waals surface area contributed by atoms with E-state index in [9.17, 15) is 15.3 Å². The van der Waals surface area contributed by atoms with Crippen molar-refractivity contribution in [3.8, 4) is 0 Å². The van der Waals surface area contributed by atoms with E-state index in [1.54, 1.807) is 0 Å².